The van der Waals surface area contributed by atoms with Gasteiger partial charge in [0, 0.05) is 19.4 Å². The molecular formula is C11H18FN3O3. The number of Topliss-reactive ketones (excluding diaryl/α,β-unsaturated/α-hetero) is 1. The van der Waals surface area contributed by atoms with E-state index in [1.165, 1.54) is 0 Å². The van der Waals surface area contributed by atoms with Crippen molar-refractivity contribution in [3.8, 4) is 0 Å². The van der Waals surface area contributed by atoms with Crippen molar-refractivity contribution >= 4 is 17.6 Å². The largest absolute Gasteiger partial charge is 0.480 e. The van der Waals surface area contributed by atoms with E-state index in [1.807, 2.05) is 0 Å². The zero-order chi connectivity index (χ0) is 14.3. The molecule has 0 aliphatic heterocycles. The molecule has 0 aromatic carbocycles. The summed E-state index contributed by atoms with van der Waals surface area (Å²) >= 11 is 0. The Morgan fingerprint density at radius 1 is 1.44 bits per heavy atom. The molecule has 6 nitrogen and oxygen atoms in total. The highest BCUT2D eigenvalue weighted by atomic mass is 19.1. The Hall–Kier alpha value is -1.76. The van der Waals surface area contributed by atoms with Crippen LogP contribution in [0.5, 0.6) is 0 Å². The molecular weight excluding hydrogens is 241 g/mol. The second-order valence-electron chi connectivity index (χ2n) is 3.96. The summed E-state index contributed by atoms with van der Waals surface area (Å²) in [6.45, 7) is 2.80. The third-order valence-corrected chi connectivity index (χ3v) is 2.37. The molecule has 102 valence electrons. The molecule has 0 bridgehead atoms. The summed E-state index contributed by atoms with van der Waals surface area (Å²) in [5, 5.41) is 8.83. The molecule has 0 rings (SSSR count). The third-order valence-electron chi connectivity index (χ3n) is 2.37. The number of carboxylic acids is 1. The summed E-state index contributed by atoms with van der Waals surface area (Å²) in [6, 6.07) is 0. The first-order valence-corrected chi connectivity index (χ1v) is 5.34. The molecule has 0 aromatic rings. The Bertz CT molecular complexity index is 373. The molecule has 0 radical (unpaired) electrons. The molecule has 0 saturated carbocycles. The van der Waals surface area contributed by atoms with E-state index >= 15 is 0 Å². The number of amidine groups is 1. The van der Waals surface area contributed by atoms with Gasteiger partial charge in [0.05, 0.1) is 11.7 Å². The summed E-state index contributed by atoms with van der Waals surface area (Å²) in [5.74, 6) is -2.44. The molecule has 0 spiro atoms. The van der Waals surface area contributed by atoms with Crippen molar-refractivity contribution in [2.75, 3.05) is 6.54 Å². The van der Waals surface area contributed by atoms with E-state index in [1.54, 1.807) is 6.92 Å². The van der Waals surface area contributed by atoms with Crippen molar-refractivity contribution in [2.24, 2.45) is 16.5 Å². The summed E-state index contributed by atoms with van der Waals surface area (Å²) in [7, 11) is 0. The zero-order valence-electron chi connectivity index (χ0n) is 10.4. The molecule has 5 N–H and O–H groups in total. The summed E-state index contributed by atoms with van der Waals surface area (Å²) < 4.78 is 13.3. The number of rotatable bonds is 7. The van der Waals surface area contributed by atoms with Gasteiger partial charge in [0.2, 0.25) is 0 Å². The fourth-order valence-electron chi connectivity index (χ4n) is 1.09. The van der Waals surface area contributed by atoms with Crippen molar-refractivity contribution in [3.05, 3.63) is 11.9 Å². The van der Waals surface area contributed by atoms with E-state index in [0.717, 1.165) is 13.0 Å². The predicted octanol–water partition coefficient (Wildman–Crippen LogP) is 0.368. The number of carbonyl (C=O) groups is 2. The first-order valence-electron chi connectivity index (χ1n) is 5.34. The van der Waals surface area contributed by atoms with Gasteiger partial charge in [0.25, 0.3) is 0 Å². The fourth-order valence-corrected chi connectivity index (χ4v) is 1.09. The Balaban J connectivity index is 4.55. The summed E-state index contributed by atoms with van der Waals surface area (Å²) in [5.41, 5.74) is 8.59. The first kappa shape index (κ1) is 16.2. The van der Waals surface area contributed by atoms with Gasteiger partial charge in [-0.25, -0.2) is 9.18 Å². The maximum absolute atomic E-state index is 13.3. The molecule has 7 heteroatoms. The monoisotopic (exact) mass is 259 g/mol. The van der Waals surface area contributed by atoms with Gasteiger partial charge < -0.3 is 16.6 Å². The highest BCUT2D eigenvalue weighted by Gasteiger charge is 2.38. The minimum atomic E-state index is -2.08. The molecule has 0 aliphatic carbocycles. The molecule has 0 aliphatic rings. The molecule has 0 saturated heterocycles. The van der Waals surface area contributed by atoms with E-state index in [0.29, 0.717) is 5.84 Å². The molecule has 0 amide bonds. The first-order chi connectivity index (χ1) is 8.20. The van der Waals surface area contributed by atoms with Gasteiger partial charge >= 0.3 is 5.97 Å². The lowest BCUT2D eigenvalue weighted by atomic mass is 9.92. The van der Waals surface area contributed by atoms with Crippen LogP contribution in [0.3, 0.4) is 0 Å². The van der Waals surface area contributed by atoms with E-state index in [2.05, 4.69) is 4.99 Å². The highest BCUT2D eigenvalue weighted by molar-refractivity contribution is 6.06. The number of nitrogens with zero attached hydrogens (tertiary/aromatic N) is 1. The molecule has 1 atom stereocenters. The Morgan fingerprint density at radius 2 is 2.00 bits per heavy atom. The van der Waals surface area contributed by atoms with Gasteiger partial charge in [0.1, 0.15) is 0 Å². The number of hydrogen-bond donors (Lipinski definition) is 3. The smallest absolute Gasteiger partial charge is 0.331 e. The number of hydrogen-bond acceptors (Lipinski definition) is 4. The van der Waals surface area contributed by atoms with Crippen LogP contribution in [0.1, 0.15) is 26.7 Å². The fraction of sp³-hybridized carbons (Fsp3) is 0.545. The van der Waals surface area contributed by atoms with E-state index in [9.17, 15) is 14.0 Å². The second kappa shape index (κ2) is 6.85. The van der Waals surface area contributed by atoms with E-state index in [4.69, 9.17) is 16.6 Å². The van der Waals surface area contributed by atoms with Crippen LogP contribution in [0.25, 0.3) is 0 Å². The summed E-state index contributed by atoms with van der Waals surface area (Å²) in [4.78, 5) is 25.7. The number of aliphatic carboxylic acids is 1. The lowest BCUT2D eigenvalue weighted by Crippen LogP contribution is -2.53. The van der Waals surface area contributed by atoms with Gasteiger partial charge in [-0.1, -0.05) is 0 Å². The average molecular weight is 259 g/mol. The number of aliphatic imine (C=N–C) groups is 1. The lowest BCUT2D eigenvalue weighted by molar-refractivity contribution is -0.147. The van der Waals surface area contributed by atoms with Gasteiger partial charge in [-0.15, -0.1) is 0 Å². The maximum atomic E-state index is 13.3. The van der Waals surface area contributed by atoms with Crippen LogP contribution in [0.15, 0.2) is 16.9 Å². The van der Waals surface area contributed by atoms with E-state index < -0.39 is 29.5 Å². The highest BCUT2D eigenvalue weighted by Crippen LogP contribution is 2.14. The van der Waals surface area contributed by atoms with Crippen LogP contribution in [-0.2, 0) is 9.59 Å². The van der Waals surface area contributed by atoms with Gasteiger partial charge in [-0.05, 0) is 19.9 Å². The Labute approximate surface area is 105 Å². The maximum Gasteiger partial charge on any atom is 0.331 e. The molecule has 0 heterocycles. The van der Waals surface area contributed by atoms with Gasteiger partial charge in [-0.2, -0.15) is 0 Å². The lowest BCUT2D eigenvalue weighted by Gasteiger charge is -2.19. The van der Waals surface area contributed by atoms with Crippen LogP contribution in [-0.4, -0.2) is 34.8 Å². The van der Waals surface area contributed by atoms with Crippen LogP contribution < -0.4 is 11.5 Å². The molecule has 18 heavy (non-hydrogen) atoms. The second-order valence-corrected chi connectivity index (χ2v) is 3.96. The topological polar surface area (TPSA) is 119 Å². The minimum absolute atomic E-state index is 0.0118. The third kappa shape index (κ3) is 5.05. The Morgan fingerprint density at radius 3 is 2.39 bits per heavy atom. The van der Waals surface area contributed by atoms with Crippen molar-refractivity contribution in [1.29, 1.82) is 0 Å². The molecule has 0 fully saturated rings. The minimum Gasteiger partial charge on any atom is -0.480 e. The normalized spacial score (nSPS) is 16.2. The standard InChI is InChI=1S/C11H18FN3O3/c1-7(16)11(14,10(17)18)5-3-9(12)4-6-15-8(2)13/h3H,4-6,14H2,1-2H3,(H2,13,15)(H,17,18)/b9-3+. The van der Waals surface area contributed by atoms with Crippen LogP contribution in [0.4, 0.5) is 4.39 Å². The van der Waals surface area contributed by atoms with Crippen molar-refractivity contribution in [2.45, 2.75) is 32.2 Å². The quantitative estimate of drug-likeness (QED) is 0.346. The van der Waals surface area contributed by atoms with Gasteiger partial charge in [-0.3, -0.25) is 9.79 Å². The number of carboxylic acid groups (broad SMARTS) is 1. The van der Waals surface area contributed by atoms with Crippen LogP contribution in [0, 0.1) is 0 Å². The molecule has 0 aromatic heterocycles. The van der Waals surface area contributed by atoms with Crippen LogP contribution >= 0.6 is 0 Å². The SMILES string of the molecule is CC(=O)C(N)(C/C=C(/F)CCN=C(C)N)C(=O)O. The van der Waals surface area contributed by atoms with Crippen LogP contribution in [0.2, 0.25) is 0 Å². The van der Waals surface area contributed by atoms with E-state index in [-0.39, 0.29) is 13.0 Å². The van der Waals surface area contributed by atoms with Crippen molar-refractivity contribution < 1.29 is 19.1 Å². The number of nitrogens with two attached hydrogens (primary N) is 2. The predicted molar refractivity (Wildman–Crippen MR) is 65.8 cm³/mol. The van der Waals surface area contributed by atoms with Gasteiger partial charge in [0.15, 0.2) is 11.3 Å². The summed E-state index contributed by atoms with van der Waals surface area (Å²) in [6.07, 6.45) is 0.591. The average Bonchev–Trinajstić information content (AvgIpc) is 2.24. The number of carbonyl (C=O) groups excluding carboxylic acids is 1. The number of ketones is 1. The Kier molecular flexibility index (Phi) is 6.18. The van der Waals surface area contributed by atoms with Crippen molar-refractivity contribution in [3.63, 3.8) is 0 Å². The zero-order valence-corrected chi connectivity index (χ0v) is 10.4. The molecule has 1 unspecified atom stereocenters. The van der Waals surface area contributed by atoms with Crippen molar-refractivity contribution in [1.82, 2.24) is 0 Å². The number of halogens is 1.